The molecule has 0 radical (unpaired) electrons. The molecular weight excluding hydrogens is 542 g/mol. The quantitative estimate of drug-likeness (QED) is 0.171. The number of hydrogen-bond acceptors (Lipinski definition) is 6. The monoisotopic (exact) mass is 579 g/mol. The molecule has 1 atom stereocenters. The highest BCUT2D eigenvalue weighted by Crippen LogP contribution is 2.37. The normalized spacial score (nSPS) is 14.5. The molecule has 2 amide bonds. The number of benzene rings is 2. The number of nitrogens with zero attached hydrogens (tertiary/aromatic N) is 3. The van der Waals surface area contributed by atoms with E-state index in [1.165, 1.54) is 25.3 Å². The van der Waals surface area contributed by atoms with Crippen LogP contribution >= 0.6 is 0 Å². The summed E-state index contributed by atoms with van der Waals surface area (Å²) in [6.45, 7) is 3.87. The van der Waals surface area contributed by atoms with Gasteiger partial charge in [0.25, 0.3) is 5.91 Å². The number of rotatable bonds is 10. The van der Waals surface area contributed by atoms with Crippen molar-refractivity contribution in [2.75, 3.05) is 11.9 Å². The average molecular weight is 580 g/mol. The van der Waals surface area contributed by atoms with Gasteiger partial charge < -0.3 is 15.4 Å². The molecule has 0 bridgehead atoms. The van der Waals surface area contributed by atoms with E-state index in [2.05, 4.69) is 15.6 Å². The van der Waals surface area contributed by atoms with E-state index in [9.17, 15) is 14.4 Å². The Hall–Kier alpha value is -4.79. The van der Waals surface area contributed by atoms with Crippen LogP contribution in [0, 0.1) is 0 Å². The van der Waals surface area contributed by atoms with Crippen molar-refractivity contribution in [3.8, 4) is 5.82 Å². The predicted molar refractivity (Wildman–Crippen MR) is 167 cm³/mol. The second kappa shape index (κ2) is 13.9. The van der Waals surface area contributed by atoms with Crippen LogP contribution in [0.4, 0.5) is 5.69 Å². The second-order valence-electron chi connectivity index (χ2n) is 10.9. The average Bonchev–Trinajstić information content (AvgIpc) is 3.40. The lowest BCUT2D eigenvalue weighted by Crippen LogP contribution is -2.35. The van der Waals surface area contributed by atoms with Gasteiger partial charge in [-0.3, -0.25) is 9.59 Å². The molecule has 43 heavy (non-hydrogen) atoms. The highest BCUT2D eigenvalue weighted by molar-refractivity contribution is 5.99. The second-order valence-corrected chi connectivity index (χ2v) is 10.9. The van der Waals surface area contributed by atoms with Crippen molar-refractivity contribution in [1.29, 1.82) is 0 Å². The number of anilines is 1. The Morgan fingerprint density at radius 1 is 1.05 bits per heavy atom. The molecule has 9 heteroatoms. The fraction of sp³-hybridized carbons (Fsp3) is 0.324. The Balaban J connectivity index is 1.23. The molecule has 0 saturated heterocycles. The summed E-state index contributed by atoms with van der Waals surface area (Å²) in [7, 11) is 0. The minimum Gasteiger partial charge on any atom is -0.463 e. The summed E-state index contributed by atoms with van der Waals surface area (Å²) in [4.78, 5) is 41.8. The zero-order chi connectivity index (χ0) is 30.2. The van der Waals surface area contributed by atoms with Gasteiger partial charge in [-0.1, -0.05) is 43.5 Å². The molecule has 222 valence electrons. The van der Waals surface area contributed by atoms with Crippen LogP contribution in [0.25, 0.3) is 22.8 Å². The Morgan fingerprint density at radius 3 is 2.56 bits per heavy atom. The van der Waals surface area contributed by atoms with Gasteiger partial charge in [-0.15, -0.1) is 0 Å². The summed E-state index contributed by atoms with van der Waals surface area (Å²) in [5.74, 6) is 0.291. The standard InChI is InChI=1S/C34H37N5O4/c1-3-43-32(41)19-14-24-12-16-27(17-13-24)37-31(40)21-23(2)36-34(42)26-15-18-28-29(22-26)38-39(30-11-7-8-20-35-30)33(28)25-9-5-4-6-10-25/h7-8,11-20,22-23,25H,3-6,9-10,21H2,1-2H3,(H,36,42)(H,37,40)/t23-/m1/s1. The molecule has 1 aliphatic rings. The van der Waals surface area contributed by atoms with E-state index in [1.54, 1.807) is 50.4 Å². The summed E-state index contributed by atoms with van der Waals surface area (Å²) < 4.78 is 6.82. The minimum atomic E-state index is -0.404. The summed E-state index contributed by atoms with van der Waals surface area (Å²) >= 11 is 0. The van der Waals surface area contributed by atoms with E-state index in [0.29, 0.717) is 23.8 Å². The Kier molecular flexibility index (Phi) is 9.61. The van der Waals surface area contributed by atoms with E-state index in [-0.39, 0.29) is 24.3 Å². The van der Waals surface area contributed by atoms with Gasteiger partial charge in [-0.05, 0) is 74.7 Å². The number of ether oxygens (including phenoxy) is 1. The van der Waals surface area contributed by atoms with Gasteiger partial charge in [0.2, 0.25) is 5.91 Å². The van der Waals surface area contributed by atoms with Crippen molar-refractivity contribution < 1.29 is 19.1 Å². The van der Waals surface area contributed by atoms with Crippen LogP contribution in [0.1, 0.15) is 79.9 Å². The van der Waals surface area contributed by atoms with E-state index in [1.807, 2.05) is 41.1 Å². The van der Waals surface area contributed by atoms with Crippen LogP contribution in [0.3, 0.4) is 0 Å². The summed E-state index contributed by atoms with van der Waals surface area (Å²) in [6.07, 6.45) is 10.8. The Labute approximate surface area is 251 Å². The number of aromatic nitrogens is 3. The molecule has 2 N–H and O–H groups in total. The summed E-state index contributed by atoms with van der Waals surface area (Å²) in [5.41, 5.74) is 3.84. The number of carbonyl (C=O) groups excluding carboxylic acids is 3. The molecule has 1 aliphatic carbocycles. The number of fused-ring (bicyclic) bond motifs is 1. The number of carbonyl (C=O) groups is 3. The molecule has 9 nitrogen and oxygen atoms in total. The number of nitrogens with one attached hydrogen (secondary N) is 2. The Morgan fingerprint density at radius 2 is 1.84 bits per heavy atom. The molecule has 1 fully saturated rings. The number of amides is 2. The lowest BCUT2D eigenvalue weighted by atomic mass is 9.85. The van der Waals surface area contributed by atoms with Crippen LogP contribution in [-0.4, -0.2) is 45.2 Å². The van der Waals surface area contributed by atoms with Crippen LogP contribution in [0.15, 0.2) is 72.9 Å². The number of pyridine rings is 1. The predicted octanol–water partition coefficient (Wildman–Crippen LogP) is 6.19. The van der Waals surface area contributed by atoms with Gasteiger partial charge >= 0.3 is 5.97 Å². The van der Waals surface area contributed by atoms with Crippen molar-refractivity contribution in [3.63, 3.8) is 0 Å². The van der Waals surface area contributed by atoms with Crippen molar-refractivity contribution in [1.82, 2.24) is 20.1 Å². The summed E-state index contributed by atoms with van der Waals surface area (Å²) in [5, 5.41) is 11.7. The van der Waals surface area contributed by atoms with E-state index in [0.717, 1.165) is 40.8 Å². The van der Waals surface area contributed by atoms with Gasteiger partial charge in [-0.2, -0.15) is 5.10 Å². The molecule has 1 saturated carbocycles. The van der Waals surface area contributed by atoms with Crippen molar-refractivity contribution >= 4 is 40.4 Å². The van der Waals surface area contributed by atoms with Crippen molar-refractivity contribution in [2.24, 2.45) is 0 Å². The zero-order valence-electron chi connectivity index (χ0n) is 24.6. The number of esters is 1. The van der Waals surface area contributed by atoms with Crippen LogP contribution < -0.4 is 10.6 Å². The highest BCUT2D eigenvalue weighted by atomic mass is 16.5. The first-order chi connectivity index (χ1) is 20.9. The SMILES string of the molecule is CCOC(=O)C=Cc1ccc(NC(=O)C[C@@H](C)NC(=O)c2ccc3c(C4CCCCC4)n(-c4ccccn4)nc3c2)cc1. The van der Waals surface area contributed by atoms with E-state index >= 15 is 0 Å². The maximum absolute atomic E-state index is 13.2. The third-order valence-corrected chi connectivity index (χ3v) is 7.59. The molecule has 2 aromatic carbocycles. The van der Waals surface area contributed by atoms with Crippen molar-refractivity contribution in [2.45, 2.75) is 64.3 Å². The molecular formula is C34H37N5O4. The molecule has 4 aromatic rings. The lowest BCUT2D eigenvalue weighted by molar-refractivity contribution is -0.137. The maximum atomic E-state index is 13.2. The van der Waals surface area contributed by atoms with Crippen LogP contribution in [0.5, 0.6) is 0 Å². The van der Waals surface area contributed by atoms with E-state index in [4.69, 9.17) is 9.84 Å². The number of hydrogen-bond donors (Lipinski definition) is 2. The lowest BCUT2D eigenvalue weighted by Gasteiger charge is -2.22. The largest absolute Gasteiger partial charge is 0.463 e. The fourth-order valence-corrected chi connectivity index (χ4v) is 5.55. The van der Waals surface area contributed by atoms with Crippen molar-refractivity contribution in [3.05, 3.63) is 89.8 Å². The Bertz CT molecular complexity index is 1610. The molecule has 0 unspecified atom stereocenters. The topological polar surface area (TPSA) is 115 Å². The molecule has 2 aromatic heterocycles. The summed E-state index contributed by atoms with van der Waals surface area (Å²) in [6, 6.07) is 18.2. The van der Waals surface area contributed by atoms with Gasteiger partial charge in [0, 0.05) is 47.3 Å². The van der Waals surface area contributed by atoms with Crippen LogP contribution in [0.2, 0.25) is 0 Å². The van der Waals surface area contributed by atoms with Gasteiger partial charge in [0.1, 0.15) is 0 Å². The molecule has 5 rings (SSSR count). The van der Waals surface area contributed by atoms with Gasteiger partial charge in [0.15, 0.2) is 5.82 Å². The molecule has 2 heterocycles. The van der Waals surface area contributed by atoms with Gasteiger partial charge in [0.05, 0.1) is 17.8 Å². The third kappa shape index (κ3) is 7.54. The third-order valence-electron chi connectivity index (χ3n) is 7.59. The van der Waals surface area contributed by atoms with Crippen LogP contribution in [-0.2, 0) is 14.3 Å². The zero-order valence-corrected chi connectivity index (χ0v) is 24.6. The maximum Gasteiger partial charge on any atom is 0.330 e. The first-order valence-corrected chi connectivity index (χ1v) is 14.9. The first kappa shape index (κ1) is 29.7. The molecule has 0 spiro atoms. The van der Waals surface area contributed by atoms with E-state index < -0.39 is 5.97 Å². The van der Waals surface area contributed by atoms with Gasteiger partial charge in [-0.25, -0.2) is 14.5 Å². The highest BCUT2D eigenvalue weighted by Gasteiger charge is 2.25. The smallest absolute Gasteiger partial charge is 0.330 e. The fourth-order valence-electron chi connectivity index (χ4n) is 5.55. The first-order valence-electron chi connectivity index (χ1n) is 14.9. The minimum absolute atomic E-state index is 0.110. The molecule has 0 aliphatic heterocycles.